The van der Waals surface area contributed by atoms with Gasteiger partial charge in [-0.05, 0) is 46.0 Å². The number of thioether (sulfide) groups is 1. The molecule has 1 N–H and O–H groups in total. The van der Waals surface area contributed by atoms with Crippen LogP contribution in [0.2, 0.25) is 0 Å². The van der Waals surface area contributed by atoms with Gasteiger partial charge in [0.2, 0.25) is 10.3 Å². The summed E-state index contributed by atoms with van der Waals surface area (Å²) in [5, 5.41) is 12.7. The molecule has 0 aliphatic rings. The number of amides is 1. The van der Waals surface area contributed by atoms with E-state index >= 15 is 0 Å². The maximum Gasteiger partial charge on any atom is 0.268 e. The number of hydrogen-bond donors (Lipinski definition) is 1. The number of carbonyl (C=O) groups excluding carboxylic acids is 1. The molecule has 0 bridgehead atoms. The number of nitrogens with zero attached hydrogens (tertiary/aromatic N) is 3. The van der Waals surface area contributed by atoms with Crippen LogP contribution in [0.1, 0.15) is 5.56 Å². The molecule has 0 spiro atoms. The molecule has 0 atom stereocenters. The van der Waals surface area contributed by atoms with Crippen molar-refractivity contribution in [2.75, 3.05) is 18.7 Å². The number of methoxy groups -OCH3 is 1. The van der Waals surface area contributed by atoms with Gasteiger partial charge >= 0.3 is 0 Å². The fraction of sp³-hybridized carbons (Fsp3) is 0.143. The highest BCUT2D eigenvalue weighted by Gasteiger charge is 2.13. The van der Waals surface area contributed by atoms with Crippen LogP contribution < -0.4 is 10.1 Å². The Morgan fingerprint density at radius 3 is 2.91 bits per heavy atom. The molecule has 1 aromatic heterocycles. The van der Waals surface area contributed by atoms with Crippen LogP contribution in [-0.4, -0.2) is 28.6 Å². The smallest absolute Gasteiger partial charge is 0.268 e. The number of anilines is 1. The van der Waals surface area contributed by atoms with Crippen LogP contribution in [0.3, 0.4) is 0 Å². The molecule has 2 aromatic rings. The van der Waals surface area contributed by atoms with Crippen LogP contribution in [0.4, 0.5) is 5.13 Å². The SMILES string of the molecule is COc1ccc(C=C(C#N)C(=O)Nc2nc(SC)ns2)cc1Br. The van der Waals surface area contributed by atoms with Gasteiger partial charge in [-0.25, -0.2) is 0 Å². The summed E-state index contributed by atoms with van der Waals surface area (Å²) in [4.78, 5) is 16.3. The van der Waals surface area contributed by atoms with Crippen molar-refractivity contribution in [1.82, 2.24) is 9.36 Å². The third-order valence-corrected chi connectivity index (χ3v) is 4.58. The zero-order valence-electron chi connectivity index (χ0n) is 12.2. The predicted molar refractivity (Wildman–Crippen MR) is 94.6 cm³/mol. The fourth-order valence-electron chi connectivity index (χ4n) is 1.60. The number of benzene rings is 1. The molecule has 0 aliphatic heterocycles. The lowest BCUT2D eigenvalue weighted by Gasteiger charge is -2.04. The summed E-state index contributed by atoms with van der Waals surface area (Å²) in [6.45, 7) is 0. The lowest BCUT2D eigenvalue weighted by atomic mass is 10.1. The molecule has 1 aromatic carbocycles. The van der Waals surface area contributed by atoms with Crippen LogP contribution in [0.15, 0.2) is 33.4 Å². The van der Waals surface area contributed by atoms with Crippen molar-refractivity contribution in [3.8, 4) is 11.8 Å². The molecule has 1 heterocycles. The highest BCUT2D eigenvalue weighted by Crippen LogP contribution is 2.26. The van der Waals surface area contributed by atoms with Gasteiger partial charge in [0.15, 0.2) is 0 Å². The zero-order chi connectivity index (χ0) is 16.8. The Kier molecular flexibility index (Phi) is 6.15. The standard InChI is InChI=1S/C14H11BrN4O2S2/c1-21-11-4-3-8(6-10(11)15)5-9(7-16)12(20)17-13-18-14(22-2)19-23-13/h3-6H,1-2H3,(H,17,18,19,20). The molecule has 2 rings (SSSR count). The van der Waals surface area contributed by atoms with Crippen LogP contribution in [0.25, 0.3) is 6.08 Å². The summed E-state index contributed by atoms with van der Waals surface area (Å²) in [6.07, 6.45) is 3.34. The highest BCUT2D eigenvalue weighted by molar-refractivity contribution is 9.10. The number of aromatic nitrogens is 2. The van der Waals surface area contributed by atoms with E-state index < -0.39 is 5.91 Å². The molecule has 0 radical (unpaired) electrons. The molecule has 1 amide bonds. The van der Waals surface area contributed by atoms with E-state index in [-0.39, 0.29) is 5.57 Å². The average Bonchev–Trinajstić information content (AvgIpc) is 3.00. The quantitative estimate of drug-likeness (QED) is 0.460. The molecule has 0 aliphatic carbocycles. The van der Waals surface area contributed by atoms with Crippen molar-refractivity contribution in [2.24, 2.45) is 0 Å². The second-order valence-corrected chi connectivity index (χ2v) is 6.48. The van der Waals surface area contributed by atoms with Crippen molar-refractivity contribution in [2.45, 2.75) is 5.16 Å². The van der Waals surface area contributed by atoms with E-state index in [0.717, 1.165) is 16.0 Å². The van der Waals surface area contributed by atoms with Crippen molar-refractivity contribution < 1.29 is 9.53 Å². The first-order valence-corrected chi connectivity index (χ1v) is 9.01. The minimum Gasteiger partial charge on any atom is -0.496 e. The van der Waals surface area contributed by atoms with E-state index in [1.54, 1.807) is 25.3 Å². The maximum atomic E-state index is 12.1. The molecular weight excluding hydrogens is 400 g/mol. The number of hydrogen-bond acceptors (Lipinski definition) is 7. The number of carbonyl (C=O) groups is 1. The molecule has 0 fully saturated rings. The summed E-state index contributed by atoms with van der Waals surface area (Å²) in [6, 6.07) is 7.16. The Morgan fingerprint density at radius 1 is 1.57 bits per heavy atom. The number of ether oxygens (including phenoxy) is 1. The molecule has 6 nitrogen and oxygen atoms in total. The topological polar surface area (TPSA) is 87.9 Å². The summed E-state index contributed by atoms with van der Waals surface area (Å²) in [5.74, 6) is 0.145. The van der Waals surface area contributed by atoms with Crippen LogP contribution in [-0.2, 0) is 4.79 Å². The van der Waals surface area contributed by atoms with Crippen molar-refractivity contribution >= 4 is 56.3 Å². The number of halogens is 1. The maximum absolute atomic E-state index is 12.1. The van der Waals surface area contributed by atoms with Gasteiger partial charge in [0.25, 0.3) is 5.91 Å². The molecule has 9 heteroatoms. The normalized spacial score (nSPS) is 11.0. The third-order valence-electron chi connectivity index (χ3n) is 2.66. The first kappa shape index (κ1) is 17.5. The van der Waals surface area contributed by atoms with Gasteiger partial charge in [-0.2, -0.15) is 14.6 Å². The number of nitriles is 1. The van der Waals surface area contributed by atoms with E-state index in [4.69, 9.17) is 4.74 Å². The zero-order valence-corrected chi connectivity index (χ0v) is 15.4. The Balaban J connectivity index is 2.19. The van der Waals surface area contributed by atoms with E-state index in [0.29, 0.717) is 21.6 Å². The minimum absolute atomic E-state index is 0.0250. The molecule has 23 heavy (non-hydrogen) atoms. The molecule has 0 unspecified atom stereocenters. The summed E-state index contributed by atoms with van der Waals surface area (Å²) < 4.78 is 9.92. The monoisotopic (exact) mass is 410 g/mol. The molecule has 0 saturated heterocycles. The largest absolute Gasteiger partial charge is 0.496 e. The predicted octanol–water partition coefficient (Wildman–Crippen LogP) is 3.58. The Morgan fingerprint density at radius 2 is 2.35 bits per heavy atom. The van der Waals surface area contributed by atoms with Gasteiger partial charge in [0.05, 0.1) is 11.6 Å². The van der Waals surface area contributed by atoms with Gasteiger partial charge in [0.1, 0.15) is 17.4 Å². The summed E-state index contributed by atoms with van der Waals surface area (Å²) >= 11 is 5.81. The van der Waals surface area contributed by atoms with Gasteiger partial charge in [0, 0.05) is 11.5 Å². The molecular formula is C14H11BrN4O2S2. The Labute approximate surface area is 149 Å². The second kappa shape index (κ2) is 8.10. The number of nitrogens with one attached hydrogen (secondary N) is 1. The second-order valence-electron chi connectivity index (χ2n) is 4.10. The first-order valence-electron chi connectivity index (χ1n) is 6.21. The minimum atomic E-state index is -0.525. The van der Waals surface area contributed by atoms with Crippen molar-refractivity contribution in [3.63, 3.8) is 0 Å². The Bertz CT molecular complexity index is 798. The fourth-order valence-corrected chi connectivity index (χ4v) is 3.28. The summed E-state index contributed by atoms with van der Waals surface area (Å²) in [7, 11) is 1.56. The van der Waals surface area contributed by atoms with Gasteiger partial charge in [-0.15, -0.1) is 0 Å². The number of rotatable bonds is 5. The average molecular weight is 411 g/mol. The molecule has 0 saturated carbocycles. The third kappa shape index (κ3) is 4.54. The van der Waals surface area contributed by atoms with Crippen LogP contribution in [0, 0.1) is 11.3 Å². The van der Waals surface area contributed by atoms with Crippen molar-refractivity contribution in [3.05, 3.63) is 33.8 Å². The van der Waals surface area contributed by atoms with Crippen LogP contribution in [0.5, 0.6) is 5.75 Å². The highest BCUT2D eigenvalue weighted by atomic mass is 79.9. The van der Waals surface area contributed by atoms with E-state index in [1.807, 2.05) is 12.3 Å². The van der Waals surface area contributed by atoms with E-state index in [1.165, 1.54) is 17.8 Å². The van der Waals surface area contributed by atoms with Gasteiger partial charge < -0.3 is 4.74 Å². The van der Waals surface area contributed by atoms with Crippen LogP contribution >= 0.6 is 39.2 Å². The van der Waals surface area contributed by atoms with Gasteiger partial charge in [-0.3, -0.25) is 10.1 Å². The van der Waals surface area contributed by atoms with E-state index in [2.05, 4.69) is 30.6 Å². The lowest BCUT2D eigenvalue weighted by molar-refractivity contribution is -0.112. The molecule has 118 valence electrons. The lowest BCUT2D eigenvalue weighted by Crippen LogP contribution is -2.13. The Hall–Kier alpha value is -1.89. The van der Waals surface area contributed by atoms with Gasteiger partial charge in [-0.1, -0.05) is 17.8 Å². The van der Waals surface area contributed by atoms with E-state index in [9.17, 15) is 10.1 Å². The van der Waals surface area contributed by atoms with Crippen molar-refractivity contribution in [1.29, 1.82) is 5.26 Å². The first-order chi connectivity index (χ1) is 11.1. The summed E-state index contributed by atoms with van der Waals surface area (Å²) in [5.41, 5.74) is 0.675.